The molecule has 0 amide bonds. The maximum Gasteiger partial charge on any atom is 0.151 e. The second-order valence-electron chi connectivity index (χ2n) is 6.26. The number of anilines is 1. The molecule has 0 fully saturated rings. The van der Waals surface area contributed by atoms with E-state index in [1.807, 2.05) is 30.3 Å². The first-order valence-electron chi connectivity index (χ1n) is 9.01. The van der Waals surface area contributed by atoms with E-state index < -0.39 is 0 Å². The first kappa shape index (κ1) is 19.3. The third kappa shape index (κ3) is 5.22. The summed E-state index contributed by atoms with van der Waals surface area (Å²) in [6, 6.07) is 9.96. The number of hydrogen-bond acceptors (Lipinski definition) is 6. The fourth-order valence-electron chi connectivity index (χ4n) is 2.92. The van der Waals surface area contributed by atoms with E-state index in [0.717, 1.165) is 60.4 Å². The molecule has 1 atom stereocenters. The van der Waals surface area contributed by atoms with E-state index in [4.69, 9.17) is 17.2 Å². The molecule has 0 spiro atoms. The Balaban J connectivity index is 2.34. The molecule has 0 aliphatic rings. The van der Waals surface area contributed by atoms with Crippen molar-refractivity contribution in [2.24, 2.45) is 17.2 Å². The predicted octanol–water partition coefficient (Wildman–Crippen LogP) is 2.34. The van der Waals surface area contributed by atoms with Crippen molar-refractivity contribution in [3.05, 3.63) is 41.5 Å². The van der Waals surface area contributed by atoms with Crippen LogP contribution in [0, 0.1) is 6.92 Å². The monoisotopic (exact) mass is 342 g/mol. The standard InChI is InChI=1S/C19H30N6/c1-14-17(16(22)10-7-12-21)18(15-8-3-2-4-9-15)24-25-19(14)23-13-6-5-11-20/h2-4,8-9,16H,5-7,10-13,20-22H2,1H3,(H,23,25). The summed E-state index contributed by atoms with van der Waals surface area (Å²) in [6.07, 6.45) is 3.71. The molecule has 1 heterocycles. The van der Waals surface area contributed by atoms with Gasteiger partial charge in [-0.2, -0.15) is 0 Å². The first-order valence-corrected chi connectivity index (χ1v) is 9.01. The summed E-state index contributed by atoms with van der Waals surface area (Å²) in [5.74, 6) is 0.801. The lowest BCUT2D eigenvalue weighted by atomic mass is 9.94. The molecule has 6 heteroatoms. The topological polar surface area (TPSA) is 116 Å². The highest BCUT2D eigenvalue weighted by atomic mass is 15.2. The van der Waals surface area contributed by atoms with Gasteiger partial charge in [-0.25, -0.2) is 0 Å². The molecule has 0 saturated heterocycles. The molecular weight excluding hydrogens is 312 g/mol. The van der Waals surface area contributed by atoms with Gasteiger partial charge >= 0.3 is 0 Å². The van der Waals surface area contributed by atoms with Crippen molar-refractivity contribution < 1.29 is 0 Å². The van der Waals surface area contributed by atoms with Crippen LogP contribution in [0.1, 0.15) is 42.9 Å². The Kier molecular flexibility index (Phi) is 7.78. The molecule has 2 aromatic rings. The van der Waals surface area contributed by atoms with Gasteiger partial charge in [-0.15, -0.1) is 10.2 Å². The first-order chi connectivity index (χ1) is 12.2. The molecule has 25 heavy (non-hydrogen) atoms. The molecule has 2 rings (SSSR count). The van der Waals surface area contributed by atoms with E-state index >= 15 is 0 Å². The summed E-state index contributed by atoms with van der Waals surface area (Å²) in [5.41, 5.74) is 21.7. The van der Waals surface area contributed by atoms with Gasteiger partial charge in [0, 0.05) is 29.3 Å². The number of rotatable bonds is 10. The zero-order valence-corrected chi connectivity index (χ0v) is 15.0. The van der Waals surface area contributed by atoms with Crippen molar-refractivity contribution in [3.8, 4) is 11.3 Å². The Hall–Kier alpha value is -2.02. The van der Waals surface area contributed by atoms with Crippen molar-refractivity contribution in [3.63, 3.8) is 0 Å². The Morgan fingerprint density at radius 1 is 1.00 bits per heavy atom. The molecule has 0 aliphatic heterocycles. The summed E-state index contributed by atoms with van der Waals surface area (Å²) in [4.78, 5) is 0. The van der Waals surface area contributed by atoms with Crippen LogP contribution in [0.4, 0.5) is 5.82 Å². The number of nitrogens with zero attached hydrogens (tertiary/aromatic N) is 2. The minimum Gasteiger partial charge on any atom is -0.368 e. The normalized spacial score (nSPS) is 12.2. The van der Waals surface area contributed by atoms with E-state index in [9.17, 15) is 0 Å². The fourth-order valence-corrected chi connectivity index (χ4v) is 2.92. The highest BCUT2D eigenvalue weighted by Crippen LogP contribution is 2.32. The maximum atomic E-state index is 6.50. The summed E-state index contributed by atoms with van der Waals surface area (Å²) in [6.45, 7) is 4.23. The molecule has 0 bridgehead atoms. The quantitative estimate of drug-likeness (QED) is 0.493. The molecule has 0 saturated carbocycles. The van der Waals surface area contributed by atoms with Gasteiger partial charge < -0.3 is 22.5 Å². The van der Waals surface area contributed by atoms with Crippen LogP contribution in [0.2, 0.25) is 0 Å². The van der Waals surface area contributed by atoms with Crippen LogP contribution in [0.15, 0.2) is 30.3 Å². The summed E-state index contributed by atoms with van der Waals surface area (Å²) in [5, 5.41) is 12.3. The fraction of sp³-hybridized carbons (Fsp3) is 0.474. The predicted molar refractivity (Wildman–Crippen MR) is 104 cm³/mol. The number of aromatic nitrogens is 2. The third-order valence-corrected chi connectivity index (χ3v) is 4.32. The molecular formula is C19H30N6. The highest BCUT2D eigenvalue weighted by Gasteiger charge is 2.19. The minimum absolute atomic E-state index is 0.112. The number of nitrogens with one attached hydrogen (secondary N) is 1. The Bertz CT molecular complexity index is 644. The van der Waals surface area contributed by atoms with Crippen LogP contribution in [0.5, 0.6) is 0 Å². The average Bonchev–Trinajstić information content (AvgIpc) is 2.64. The van der Waals surface area contributed by atoms with Gasteiger partial charge in [-0.1, -0.05) is 30.3 Å². The van der Waals surface area contributed by atoms with E-state index in [0.29, 0.717) is 13.1 Å². The number of unbranched alkanes of at least 4 members (excludes halogenated alkanes) is 1. The number of benzene rings is 1. The van der Waals surface area contributed by atoms with Crippen molar-refractivity contribution in [1.82, 2.24) is 10.2 Å². The molecule has 1 aromatic heterocycles. The summed E-state index contributed by atoms with van der Waals surface area (Å²) < 4.78 is 0. The summed E-state index contributed by atoms with van der Waals surface area (Å²) in [7, 11) is 0. The maximum absolute atomic E-state index is 6.50. The second-order valence-corrected chi connectivity index (χ2v) is 6.26. The molecule has 6 nitrogen and oxygen atoms in total. The van der Waals surface area contributed by atoms with Gasteiger partial charge in [0.25, 0.3) is 0 Å². The van der Waals surface area contributed by atoms with E-state index in [-0.39, 0.29) is 6.04 Å². The lowest BCUT2D eigenvalue weighted by molar-refractivity contribution is 0.612. The smallest absolute Gasteiger partial charge is 0.151 e. The molecule has 1 aromatic carbocycles. The average molecular weight is 342 g/mol. The number of nitrogens with two attached hydrogens (primary N) is 3. The van der Waals surface area contributed by atoms with Crippen molar-refractivity contribution in [2.75, 3.05) is 25.0 Å². The van der Waals surface area contributed by atoms with Crippen LogP contribution >= 0.6 is 0 Å². The molecule has 7 N–H and O–H groups in total. The summed E-state index contributed by atoms with van der Waals surface area (Å²) >= 11 is 0. The van der Waals surface area contributed by atoms with Gasteiger partial charge in [-0.05, 0) is 45.7 Å². The zero-order chi connectivity index (χ0) is 18.1. The van der Waals surface area contributed by atoms with Crippen LogP contribution in [0.25, 0.3) is 11.3 Å². The second kappa shape index (κ2) is 10.1. The Labute approximate surface area is 150 Å². The van der Waals surface area contributed by atoms with Gasteiger partial charge in [0.05, 0.1) is 5.69 Å². The van der Waals surface area contributed by atoms with Gasteiger partial charge in [0.1, 0.15) is 0 Å². The van der Waals surface area contributed by atoms with Crippen LogP contribution in [-0.2, 0) is 0 Å². The SMILES string of the molecule is Cc1c(NCCCCN)nnc(-c2ccccc2)c1C(N)CCCN. The largest absolute Gasteiger partial charge is 0.368 e. The van der Waals surface area contributed by atoms with Crippen molar-refractivity contribution >= 4 is 5.82 Å². The number of hydrogen-bond donors (Lipinski definition) is 4. The van der Waals surface area contributed by atoms with Crippen molar-refractivity contribution in [2.45, 2.75) is 38.6 Å². The minimum atomic E-state index is -0.112. The lowest BCUT2D eigenvalue weighted by Gasteiger charge is -2.20. The zero-order valence-electron chi connectivity index (χ0n) is 15.0. The third-order valence-electron chi connectivity index (χ3n) is 4.32. The molecule has 0 aliphatic carbocycles. The van der Waals surface area contributed by atoms with Crippen LogP contribution in [-0.4, -0.2) is 29.8 Å². The Morgan fingerprint density at radius 2 is 1.72 bits per heavy atom. The van der Waals surface area contributed by atoms with Gasteiger partial charge in [0.2, 0.25) is 0 Å². The van der Waals surface area contributed by atoms with Crippen molar-refractivity contribution in [1.29, 1.82) is 0 Å². The molecule has 0 radical (unpaired) electrons. The molecule has 136 valence electrons. The lowest BCUT2D eigenvalue weighted by Crippen LogP contribution is -2.18. The van der Waals surface area contributed by atoms with E-state index in [1.165, 1.54) is 0 Å². The van der Waals surface area contributed by atoms with E-state index in [2.05, 4.69) is 22.4 Å². The molecule has 1 unspecified atom stereocenters. The van der Waals surface area contributed by atoms with E-state index in [1.54, 1.807) is 0 Å². The Morgan fingerprint density at radius 3 is 2.40 bits per heavy atom. The van der Waals surface area contributed by atoms with Gasteiger partial charge in [0.15, 0.2) is 5.82 Å². The van der Waals surface area contributed by atoms with Crippen LogP contribution in [0.3, 0.4) is 0 Å². The van der Waals surface area contributed by atoms with Gasteiger partial charge in [-0.3, -0.25) is 0 Å². The highest BCUT2D eigenvalue weighted by molar-refractivity contribution is 5.67. The van der Waals surface area contributed by atoms with Crippen LogP contribution < -0.4 is 22.5 Å².